The van der Waals surface area contributed by atoms with Gasteiger partial charge >= 0.3 is 0 Å². The summed E-state index contributed by atoms with van der Waals surface area (Å²) in [6.07, 6.45) is 7.00. The van der Waals surface area contributed by atoms with Crippen molar-refractivity contribution in [3.63, 3.8) is 0 Å². The number of fused-ring (bicyclic) bond motifs is 2. The standard InChI is InChI=1S/C56H38N2O6S2/c59-55-49-15-7-9-17-51(49)65(61,62)53(55)37-41-25-33-47(34-26-41)57(43-11-3-1-4-12-43)45-29-21-39(22-30-45)19-20-40-23-31-46(32-24-40)58(44-13-5-2-6-14-44)48-35-27-42(28-36-48)38-54-56(60)50-16-8-10-18-52(50)66(54,63)64/h1-38H. The molecule has 0 amide bonds. The SMILES string of the molecule is O=C1C(=Cc2ccc(N(c3ccccc3)c3ccc(C=Cc4ccc(N(c5ccccc5)c5ccc(C=C6C(=O)c7ccccc7S6(=O)=O)cc5)cc4)cc3)cc2)S(=O)(=O)c2ccccc21. The molecule has 8 aromatic carbocycles. The monoisotopic (exact) mass is 898 g/mol. The Labute approximate surface area is 383 Å². The predicted molar refractivity (Wildman–Crippen MR) is 263 cm³/mol. The second-order valence-corrected chi connectivity index (χ2v) is 19.5. The van der Waals surface area contributed by atoms with Gasteiger partial charge in [0.2, 0.25) is 31.2 Å². The fourth-order valence-corrected chi connectivity index (χ4v) is 11.4. The number of para-hydroxylation sites is 2. The molecule has 2 aliphatic rings. The molecule has 2 heterocycles. The van der Waals surface area contributed by atoms with Gasteiger partial charge < -0.3 is 9.80 Å². The van der Waals surface area contributed by atoms with Crippen molar-refractivity contribution in [2.24, 2.45) is 0 Å². The molecule has 0 spiro atoms. The minimum Gasteiger partial charge on any atom is -0.311 e. The summed E-state index contributed by atoms with van der Waals surface area (Å²) in [6.45, 7) is 0. The lowest BCUT2D eigenvalue weighted by molar-refractivity contribution is 0.103. The quantitative estimate of drug-likeness (QED) is 0.0986. The molecule has 0 N–H and O–H groups in total. The van der Waals surface area contributed by atoms with E-state index in [0.717, 1.165) is 45.3 Å². The summed E-state index contributed by atoms with van der Waals surface area (Å²) in [4.78, 5) is 30.0. The summed E-state index contributed by atoms with van der Waals surface area (Å²) < 4.78 is 52.8. The molecule has 0 bridgehead atoms. The lowest BCUT2D eigenvalue weighted by Crippen LogP contribution is -2.09. The third-order valence-corrected chi connectivity index (χ3v) is 15.2. The topological polar surface area (TPSA) is 109 Å². The Bertz CT molecular complexity index is 3260. The molecule has 0 saturated carbocycles. The molecule has 0 aromatic heterocycles. The molecule has 320 valence electrons. The maximum Gasteiger partial charge on any atom is 0.211 e. The number of hydrogen-bond acceptors (Lipinski definition) is 8. The van der Waals surface area contributed by atoms with Gasteiger partial charge in [-0.2, -0.15) is 0 Å². The first kappa shape index (κ1) is 41.8. The molecule has 0 saturated heterocycles. The largest absolute Gasteiger partial charge is 0.311 e. The van der Waals surface area contributed by atoms with Crippen LogP contribution in [0.2, 0.25) is 0 Å². The minimum absolute atomic E-state index is 0.0424. The van der Waals surface area contributed by atoms with Crippen LogP contribution in [-0.2, 0) is 19.7 Å². The number of nitrogens with zero attached hydrogens (tertiary/aromatic N) is 2. The Morgan fingerprint density at radius 1 is 0.303 bits per heavy atom. The molecule has 0 aliphatic carbocycles. The third kappa shape index (κ3) is 7.78. The van der Waals surface area contributed by atoms with E-state index in [-0.39, 0.29) is 30.7 Å². The number of benzene rings is 8. The van der Waals surface area contributed by atoms with Crippen LogP contribution >= 0.6 is 0 Å². The molecule has 8 nitrogen and oxygen atoms in total. The molecule has 0 atom stereocenters. The van der Waals surface area contributed by atoms with E-state index in [9.17, 15) is 26.4 Å². The summed E-state index contributed by atoms with van der Waals surface area (Å²) >= 11 is 0. The first-order valence-electron chi connectivity index (χ1n) is 21.1. The number of carbonyl (C=O) groups excluding carboxylic acids is 2. The van der Waals surface area contributed by atoms with Crippen molar-refractivity contribution in [2.75, 3.05) is 9.80 Å². The average molecular weight is 899 g/mol. The number of ketones is 2. The van der Waals surface area contributed by atoms with E-state index in [1.165, 1.54) is 24.3 Å². The molecular weight excluding hydrogens is 861 g/mol. The second kappa shape index (κ2) is 17.1. The van der Waals surface area contributed by atoms with Crippen LogP contribution in [0, 0.1) is 0 Å². The van der Waals surface area contributed by atoms with Gasteiger partial charge in [-0.15, -0.1) is 0 Å². The first-order chi connectivity index (χ1) is 32.1. The van der Waals surface area contributed by atoms with Crippen LogP contribution in [0.15, 0.2) is 226 Å². The van der Waals surface area contributed by atoms with Crippen molar-refractivity contribution in [3.05, 3.63) is 249 Å². The zero-order valence-corrected chi connectivity index (χ0v) is 36.7. The van der Waals surface area contributed by atoms with Crippen molar-refractivity contribution in [2.45, 2.75) is 9.79 Å². The van der Waals surface area contributed by atoms with Crippen LogP contribution in [0.1, 0.15) is 43.0 Å². The fraction of sp³-hybridized carbons (Fsp3) is 0. The summed E-state index contributed by atoms with van der Waals surface area (Å²) in [5.74, 6) is -0.990. The van der Waals surface area contributed by atoms with Gasteiger partial charge in [-0.05, 0) is 131 Å². The van der Waals surface area contributed by atoms with Crippen LogP contribution < -0.4 is 9.80 Å². The Morgan fingerprint density at radius 2 is 0.576 bits per heavy atom. The molecule has 2 aliphatic heterocycles. The minimum atomic E-state index is -3.90. The van der Waals surface area contributed by atoms with Gasteiger partial charge in [0.1, 0.15) is 9.81 Å². The Hall–Kier alpha value is -8.18. The highest BCUT2D eigenvalue weighted by Crippen LogP contribution is 2.40. The highest BCUT2D eigenvalue weighted by Gasteiger charge is 2.39. The van der Waals surface area contributed by atoms with Gasteiger partial charge in [-0.3, -0.25) is 9.59 Å². The summed E-state index contributed by atoms with van der Waals surface area (Å²) in [5.41, 5.74) is 9.03. The highest BCUT2D eigenvalue weighted by molar-refractivity contribution is 7.97. The van der Waals surface area contributed by atoms with Crippen molar-refractivity contribution < 1.29 is 26.4 Å². The molecule has 10 rings (SSSR count). The van der Waals surface area contributed by atoms with Crippen molar-refractivity contribution in [3.8, 4) is 0 Å². The van der Waals surface area contributed by atoms with Crippen LogP contribution in [0.3, 0.4) is 0 Å². The second-order valence-electron chi connectivity index (χ2n) is 15.7. The number of hydrogen-bond donors (Lipinski definition) is 0. The Balaban J connectivity index is 0.870. The maximum atomic E-state index is 13.2. The van der Waals surface area contributed by atoms with Gasteiger partial charge in [0.15, 0.2) is 0 Å². The molecule has 8 aromatic rings. The van der Waals surface area contributed by atoms with E-state index in [1.54, 1.807) is 36.4 Å². The van der Waals surface area contributed by atoms with E-state index < -0.39 is 31.2 Å². The molecule has 66 heavy (non-hydrogen) atoms. The number of sulfone groups is 2. The van der Waals surface area contributed by atoms with Gasteiger partial charge in [-0.25, -0.2) is 16.8 Å². The van der Waals surface area contributed by atoms with E-state index in [4.69, 9.17) is 0 Å². The Morgan fingerprint density at radius 3 is 0.894 bits per heavy atom. The average Bonchev–Trinajstić information content (AvgIpc) is 3.67. The maximum absolute atomic E-state index is 13.2. The van der Waals surface area contributed by atoms with Crippen LogP contribution in [0.25, 0.3) is 24.3 Å². The molecular formula is C56H38N2O6S2. The van der Waals surface area contributed by atoms with Crippen molar-refractivity contribution in [1.29, 1.82) is 0 Å². The van der Waals surface area contributed by atoms with E-state index >= 15 is 0 Å². The molecule has 0 radical (unpaired) electrons. The highest BCUT2D eigenvalue weighted by atomic mass is 32.2. The number of Topliss-reactive ketones (excluding diaryl/α,β-unsaturated/α-hetero) is 2. The number of carbonyl (C=O) groups is 2. The predicted octanol–water partition coefficient (Wildman–Crippen LogP) is 12.8. The Kier molecular flexibility index (Phi) is 10.8. The number of anilines is 6. The van der Waals surface area contributed by atoms with Crippen LogP contribution in [0.4, 0.5) is 34.1 Å². The first-order valence-corrected chi connectivity index (χ1v) is 24.0. The normalized spacial score (nSPS) is 15.8. The van der Waals surface area contributed by atoms with Gasteiger partial charge in [0.25, 0.3) is 0 Å². The smallest absolute Gasteiger partial charge is 0.211 e. The lowest BCUT2D eigenvalue weighted by Gasteiger charge is -2.25. The summed E-state index contributed by atoms with van der Waals surface area (Å²) in [6, 6.07) is 63.8. The van der Waals surface area contributed by atoms with Crippen LogP contribution in [-0.4, -0.2) is 28.4 Å². The zero-order chi connectivity index (χ0) is 45.4. The van der Waals surface area contributed by atoms with Gasteiger partial charge in [0, 0.05) is 45.3 Å². The van der Waals surface area contributed by atoms with Crippen molar-refractivity contribution in [1.82, 2.24) is 0 Å². The fourth-order valence-electron chi connectivity index (χ4n) is 8.26. The molecule has 0 fully saturated rings. The van der Waals surface area contributed by atoms with E-state index in [0.29, 0.717) is 11.1 Å². The third-order valence-electron chi connectivity index (χ3n) is 11.6. The van der Waals surface area contributed by atoms with E-state index in [2.05, 4.69) is 70.5 Å². The summed E-state index contributed by atoms with van der Waals surface area (Å²) in [5, 5.41) is 0. The number of rotatable bonds is 10. The van der Waals surface area contributed by atoms with Crippen molar-refractivity contribution >= 4 is 89.7 Å². The molecule has 10 heteroatoms. The number of allylic oxidation sites excluding steroid dienone is 2. The lowest BCUT2D eigenvalue weighted by atomic mass is 10.1. The zero-order valence-electron chi connectivity index (χ0n) is 35.1. The van der Waals surface area contributed by atoms with Gasteiger partial charge in [-0.1, -0.05) is 121 Å². The van der Waals surface area contributed by atoms with E-state index in [1.807, 2.05) is 109 Å². The summed E-state index contributed by atoms with van der Waals surface area (Å²) in [7, 11) is -7.80. The van der Waals surface area contributed by atoms with Gasteiger partial charge in [0.05, 0.1) is 9.79 Å². The molecule has 0 unspecified atom stereocenters. The van der Waals surface area contributed by atoms with Crippen LogP contribution in [0.5, 0.6) is 0 Å².